The lowest BCUT2D eigenvalue weighted by molar-refractivity contribution is 0.189. The Kier molecular flexibility index (Phi) is 7.01. The Morgan fingerprint density at radius 2 is 1.85 bits per heavy atom. The minimum absolute atomic E-state index is 0.0445. The fourth-order valence-corrected chi connectivity index (χ4v) is 4.51. The Morgan fingerprint density at radius 1 is 1.11 bits per heavy atom. The summed E-state index contributed by atoms with van der Waals surface area (Å²) < 4.78 is 10.8. The summed E-state index contributed by atoms with van der Waals surface area (Å²) >= 11 is 1.37. The standard InChI is InChI=1S/C20H29N3O3S/c1-4-18-19(15-8-9-16(25-2)17(14-15)26-3)21-23(20(24)27-18)13-12-22-10-6-5-7-11-22/h8-9,14,18H,4-7,10-13H2,1-3H3. The van der Waals surface area contributed by atoms with Gasteiger partial charge in [-0.25, -0.2) is 5.01 Å². The molecule has 1 atom stereocenters. The van der Waals surface area contributed by atoms with E-state index in [-0.39, 0.29) is 10.5 Å². The molecule has 0 spiro atoms. The molecule has 1 saturated heterocycles. The average Bonchev–Trinajstić information content (AvgIpc) is 2.72. The topological polar surface area (TPSA) is 54.4 Å². The van der Waals surface area contributed by atoms with Crippen LogP contribution in [-0.2, 0) is 0 Å². The van der Waals surface area contributed by atoms with Crippen molar-refractivity contribution in [2.45, 2.75) is 37.9 Å². The number of ether oxygens (including phenoxy) is 2. The third-order valence-corrected chi connectivity index (χ3v) is 6.37. The Bertz CT molecular complexity index is 689. The van der Waals surface area contributed by atoms with Gasteiger partial charge in [0.2, 0.25) is 0 Å². The van der Waals surface area contributed by atoms with E-state index in [0.29, 0.717) is 18.0 Å². The summed E-state index contributed by atoms with van der Waals surface area (Å²) in [5, 5.41) is 6.50. The number of likely N-dealkylation sites (tertiary alicyclic amines) is 1. The van der Waals surface area contributed by atoms with Gasteiger partial charge in [-0.2, -0.15) is 5.10 Å². The number of nitrogens with zero attached hydrogens (tertiary/aromatic N) is 3. The molecule has 0 saturated carbocycles. The summed E-state index contributed by atoms with van der Waals surface area (Å²) in [5.74, 6) is 1.37. The van der Waals surface area contributed by atoms with Gasteiger partial charge in [0.15, 0.2) is 11.5 Å². The number of methoxy groups -OCH3 is 2. The number of hydrogen-bond acceptors (Lipinski definition) is 6. The summed E-state index contributed by atoms with van der Waals surface area (Å²) in [6, 6.07) is 5.82. The highest BCUT2D eigenvalue weighted by Crippen LogP contribution is 2.33. The van der Waals surface area contributed by atoms with Gasteiger partial charge < -0.3 is 14.4 Å². The minimum Gasteiger partial charge on any atom is -0.493 e. The molecule has 6 nitrogen and oxygen atoms in total. The third kappa shape index (κ3) is 4.76. The van der Waals surface area contributed by atoms with Crippen LogP contribution in [0.4, 0.5) is 4.79 Å². The molecule has 1 amide bonds. The molecule has 0 N–H and O–H groups in total. The maximum absolute atomic E-state index is 12.6. The van der Waals surface area contributed by atoms with E-state index in [4.69, 9.17) is 14.6 Å². The van der Waals surface area contributed by atoms with Crippen LogP contribution in [0.2, 0.25) is 0 Å². The zero-order chi connectivity index (χ0) is 19.2. The molecule has 27 heavy (non-hydrogen) atoms. The van der Waals surface area contributed by atoms with E-state index in [0.717, 1.165) is 37.3 Å². The first-order valence-electron chi connectivity index (χ1n) is 9.67. The van der Waals surface area contributed by atoms with Crippen molar-refractivity contribution >= 4 is 22.7 Å². The maximum atomic E-state index is 12.6. The highest BCUT2D eigenvalue weighted by Gasteiger charge is 2.30. The van der Waals surface area contributed by atoms with E-state index in [1.165, 1.54) is 31.0 Å². The van der Waals surface area contributed by atoms with E-state index < -0.39 is 0 Å². The largest absolute Gasteiger partial charge is 0.493 e. The third-order valence-electron chi connectivity index (χ3n) is 5.11. The Labute approximate surface area is 165 Å². The first-order chi connectivity index (χ1) is 13.2. The van der Waals surface area contributed by atoms with E-state index >= 15 is 0 Å². The number of carbonyl (C=O) groups excluding carboxylic acids is 1. The molecule has 148 valence electrons. The quantitative estimate of drug-likeness (QED) is 0.707. The molecule has 2 heterocycles. The fraction of sp³-hybridized carbons (Fsp3) is 0.600. The molecule has 0 aromatic heterocycles. The second kappa shape index (κ2) is 9.46. The molecule has 1 unspecified atom stereocenters. The van der Waals surface area contributed by atoms with Gasteiger partial charge >= 0.3 is 5.24 Å². The molecule has 0 bridgehead atoms. The molecule has 1 fully saturated rings. The second-order valence-corrected chi connectivity index (χ2v) is 8.02. The molecular formula is C20H29N3O3S. The maximum Gasteiger partial charge on any atom is 0.302 e. The second-order valence-electron chi connectivity index (χ2n) is 6.86. The van der Waals surface area contributed by atoms with Crippen molar-refractivity contribution in [1.82, 2.24) is 9.91 Å². The predicted molar refractivity (Wildman–Crippen MR) is 110 cm³/mol. The number of hydrazone groups is 1. The predicted octanol–water partition coefficient (Wildman–Crippen LogP) is 3.84. The molecule has 7 heteroatoms. The van der Waals surface area contributed by atoms with Crippen molar-refractivity contribution in [2.24, 2.45) is 5.10 Å². The van der Waals surface area contributed by atoms with Gasteiger partial charge in [0.05, 0.1) is 31.7 Å². The van der Waals surface area contributed by atoms with Crippen LogP contribution in [-0.4, -0.2) is 66.5 Å². The highest BCUT2D eigenvalue weighted by molar-refractivity contribution is 8.14. The summed E-state index contributed by atoms with van der Waals surface area (Å²) in [6.45, 7) is 5.85. The number of carbonyl (C=O) groups is 1. The fourth-order valence-electron chi connectivity index (χ4n) is 3.55. The lowest BCUT2D eigenvalue weighted by Crippen LogP contribution is -2.41. The number of hydrogen-bond donors (Lipinski definition) is 0. The van der Waals surface area contributed by atoms with E-state index in [2.05, 4.69) is 11.8 Å². The van der Waals surface area contributed by atoms with Crippen molar-refractivity contribution in [3.63, 3.8) is 0 Å². The van der Waals surface area contributed by atoms with Crippen LogP contribution in [0.1, 0.15) is 38.2 Å². The Morgan fingerprint density at radius 3 is 2.52 bits per heavy atom. The first kappa shape index (κ1) is 20.0. The van der Waals surface area contributed by atoms with Gasteiger partial charge in [-0.3, -0.25) is 4.79 Å². The van der Waals surface area contributed by atoms with Gasteiger partial charge in [-0.05, 0) is 50.6 Å². The van der Waals surface area contributed by atoms with Gasteiger partial charge in [-0.1, -0.05) is 25.1 Å². The van der Waals surface area contributed by atoms with Gasteiger partial charge in [0.1, 0.15) is 0 Å². The molecule has 2 aliphatic rings. The van der Waals surface area contributed by atoms with Crippen molar-refractivity contribution in [1.29, 1.82) is 0 Å². The number of piperidine rings is 1. The van der Waals surface area contributed by atoms with Crippen molar-refractivity contribution in [2.75, 3.05) is 40.4 Å². The van der Waals surface area contributed by atoms with Crippen molar-refractivity contribution in [3.05, 3.63) is 23.8 Å². The van der Waals surface area contributed by atoms with E-state index in [1.807, 2.05) is 18.2 Å². The number of rotatable bonds is 7. The molecule has 0 radical (unpaired) electrons. The number of amides is 1. The minimum atomic E-state index is 0.0445. The molecule has 0 aliphatic carbocycles. The van der Waals surface area contributed by atoms with Crippen LogP contribution < -0.4 is 9.47 Å². The van der Waals surface area contributed by atoms with Crippen LogP contribution in [0.3, 0.4) is 0 Å². The van der Waals surface area contributed by atoms with Crippen molar-refractivity contribution in [3.8, 4) is 11.5 Å². The van der Waals surface area contributed by atoms with Crippen LogP contribution in [0.15, 0.2) is 23.3 Å². The molecule has 2 aliphatic heterocycles. The first-order valence-corrected chi connectivity index (χ1v) is 10.6. The normalized spacial score (nSPS) is 21.1. The van der Waals surface area contributed by atoms with Crippen molar-refractivity contribution < 1.29 is 14.3 Å². The zero-order valence-electron chi connectivity index (χ0n) is 16.4. The van der Waals surface area contributed by atoms with Crippen LogP contribution >= 0.6 is 11.8 Å². The zero-order valence-corrected chi connectivity index (χ0v) is 17.3. The molecular weight excluding hydrogens is 362 g/mol. The van der Waals surface area contributed by atoms with Gasteiger partial charge in [-0.15, -0.1) is 0 Å². The molecule has 1 aromatic rings. The molecule has 1 aromatic carbocycles. The summed E-state index contributed by atoms with van der Waals surface area (Å²) in [6.07, 6.45) is 4.67. The smallest absolute Gasteiger partial charge is 0.302 e. The SMILES string of the molecule is CCC1SC(=O)N(CCN2CCCCC2)N=C1c1ccc(OC)c(OC)c1. The molecule has 3 rings (SSSR count). The van der Waals surface area contributed by atoms with Gasteiger partial charge in [0.25, 0.3) is 0 Å². The number of thioether (sulfide) groups is 1. The van der Waals surface area contributed by atoms with Crippen LogP contribution in [0.25, 0.3) is 0 Å². The van der Waals surface area contributed by atoms with Gasteiger partial charge in [0, 0.05) is 12.1 Å². The average molecular weight is 392 g/mol. The van der Waals surface area contributed by atoms with E-state index in [1.54, 1.807) is 19.2 Å². The van der Waals surface area contributed by atoms with Crippen LogP contribution in [0.5, 0.6) is 11.5 Å². The summed E-state index contributed by atoms with van der Waals surface area (Å²) in [4.78, 5) is 15.0. The monoisotopic (exact) mass is 391 g/mol. The lowest BCUT2D eigenvalue weighted by Gasteiger charge is -2.31. The lowest BCUT2D eigenvalue weighted by atomic mass is 10.0. The van der Waals surface area contributed by atoms with E-state index in [9.17, 15) is 4.79 Å². The Balaban J connectivity index is 1.80. The Hall–Kier alpha value is -1.73. The van der Waals surface area contributed by atoms with Crippen LogP contribution in [0, 0.1) is 0 Å². The summed E-state index contributed by atoms with van der Waals surface area (Å²) in [5.41, 5.74) is 1.91. The number of benzene rings is 1. The highest BCUT2D eigenvalue weighted by atomic mass is 32.2. The summed E-state index contributed by atoms with van der Waals surface area (Å²) in [7, 11) is 3.26.